The lowest BCUT2D eigenvalue weighted by molar-refractivity contribution is -0.135. The van der Waals surface area contributed by atoms with Crippen molar-refractivity contribution < 1.29 is 18.7 Å². The third-order valence-electron chi connectivity index (χ3n) is 3.75. The number of fused-ring (bicyclic) bond motifs is 1. The van der Waals surface area contributed by atoms with E-state index in [9.17, 15) is 14.0 Å². The van der Waals surface area contributed by atoms with Gasteiger partial charge in [-0.3, -0.25) is 9.78 Å². The van der Waals surface area contributed by atoms with Crippen LogP contribution in [0.1, 0.15) is 21.5 Å². The molecule has 1 aliphatic heterocycles. The first-order chi connectivity index (χ1) is 11.1. The van der Waals surface area contributed by atoms with Crippen molar-refractivity contribution in [3.63, 3.8) is 0 Å². The molecule has 118 valence electrons. The normalized spacial score (nSPS) is 13.3. The minimum absolute atomic E-state index is 0.0122. The van der Waals surface area contributed by atoms with Gasteiger partial charge in [-0.2, -0.15) is 0 Å². The number of rotatable bonds is 3. The number of pyridine rings is 1. The fraction of sp³-hybridized carbons (Fsp3) is 0.235. The van der Waals surface area contributed by atoms with Crippen LogP contribution in [-0.2, 0) is 22.5 Å². The maximum absolute atomic E-state index is 13.0. The number of benzene rings is 1. The molecular weight excluding hydrogens is 299 g/mol. The Morgan fingerprint density at radius 2 is 2.00 bits per heavy atom. The van der Waals surface area contributed by atoms with Gasteiger partial charge in [0.15, 0.2) is 6.61 Å². The monoisotopic (exact) mass is 314 g/mol. The second-order valence-electron chi connectivity index (χ2n) is 5.30. The predicted octanol–water partition coefficient (Wildman–Crippen LogP) is 1.96. The Kier molecular flexibility index (Phi) is 4.32. The predicted molar refractivity (Wildman–Crippen MR) is 80.0 cm³/mol. The quantitative estimate of drug-likeness (QED) is 0.813. The summed E-state index contributed by atoms with van der Waals surface area (Å²) < 4.78 is 18.0. The minimum Gasteiger partial charge on any atom is -0.452 e. The molecule has 1 aliphatic rings. The molecule has 5 nitrogen and oxygen atoms in total. The van der Waals surface area contributed by atoms with Crippen molar-refractivity contribution in [3.05, 3.63) is 65.2 Å². The lowest BCUT2D eigenvalue weighted by Crippen LogP contribution is -2.38. The Morgan fingerprint density at radius 1 is 1.22 bits per heavy atom. The van der Waals surface area contributed by atoms with E-state index < -0.39 is 11.8 Å². The highest BCUT2D eigenvalue weighted by atomic mass is 19.1. The van der Waals surface area contributed by atoms with Gasteiger partial charge in [-0.05, 0) is 23.6 Å². The molecule has 1 aromatic heterocycles. The van der Waals surface area contributed by atoms with Gasteiger partial charge in [-0.15, -0.1) is 0 Å². The maximum Gasteiger partial charge on any atom is 0.340 e. The molecule has 1 amide bonds. The van der Waals surface area contributed by atoms with Crippen LogP contribution in [0, 0.1) is 5.82 Å². The Balaban J connectivity index is 1.57. The molecule has 0 saturated carbocycles. The molecule has 0 spiro atoms. The summed E-state index contributed by atoms with van der Waals surface area (Å²) in [5.74, 6) is -1.65. The Hall–Kier alpha value is -2.76. The smallest absolute Gasteiger partial charge is 0.340 e. The number of aromatic nitrogens is 1. The van der Waals surface area contributed by atoms with Crippen molar-refractivity contribution in [1.82, 2.24) is 9.88 Å². The van der Waals surface area contributed by atoms with E-state index in [-0.39, 0.29) is 18.1 Å². The summed E-state index contributed by atoms with van der Waals surface area (Å²) in [4.78, 5) is 29.2. The van der Waals surface area contributed by atoms with Gasteiger partial charge in [0.25, 0.3) is 5.91 Å². The fourth-order valence-corrected chi connectivity index (χ4v) is 2.53. The summed E-state index contributed by atoms with van der Waals surface area (Å²) in [6, 6.07) is 8.97. The van der Waals surface area contributed by atoms with Crippen LogP contribution in [0.3, 0.4) is 0 Å². The second kappa shape index (κ2) is 6.56. The molecule has 1 aromatic carbocycles. The van der Waals surface area contributed by atoms with Crippen molar-refractivity contribution in [2.45, 2.75) is 13.0 Å². The Morgan fingerprint density at radius 3 is 2.78 bits per heavy atom. The highest BCUT2D eigenvalue weighted by Gasteiger charge is 2.21. The number of carbonyl (C=O) groups excluding carboxylic acids is 2. The number of esters is 1. The largest absolute Gasteiger partial charge is 0.452 e. The number of amides is 1. The maximum atomic E-state index is 13.0. The summed E-state index contributed by atoms with van der Waals surface area (Å²) in [5, 5.41) is 0. The highest BCUT2D eigenvalue weighted by molar-refractivity contribution is 5.91. The third-order valence-corrected chi connectivity index (χ3v) is 3.75. The van der Waals surface area contributed by atoms with Crippen LogP contribution in [-0.4, -0.2) is 34.9 Å². The molecule has 0 atom stereocenters. The van der Waals surface area contributed by atoms with Gasteiger partial charge in [-0.1, -0.05) is 24.3 Å². The van der Waals surface area contributed by atoms with Crippen LogP contribution in [0.2, 0.25) is 0 Å². The molecule has 0 N–H and O–H groups in total. The van der Waals surface area contributed by atoms with Crippen LogP contribution in [0.15, 0.2) is 42.7 Å². The first-order valence-corrected chi connectivity index (χ1v) is 7.26. The average molecular weight is 314 g/mol. The number of hydrogen-bond acceptors (Lipinski definition) is 4. The summed E-state index contributed by atoms with van der Waals surface area (Å²) in [6.07, 6.45) is 2.98. The van der Waals surface area contributed by atoms with Crippen LogP contribution in [0.25, 0.3) is 0 Å². The molecular formula is C17H15FN2O3. The van der Waals surface area contributed by atoms with Gasteiger partial charge in [0.1, 0.15) is 5.82 Å². The summed E-state index contributed by atoms with van der Waals surface area (Å²) in [6.45, 7) is 0.737. The van der Waals surface area contributed by atoms with Gasteiger partial charge < -0.3 is 9.64 Å². The zero-order chi connectivity index (χ0) is 16.2. The highest BCUT2D eigenvalue weighted by Crippen LogP contribution is 2.18. The third kappa shape index (κ3) is 3.53. The lowest BCUT2D eigenvalue weighted by atomic mass is 10.00. The van der Waals surface area contributed by atoms with Crippen molar-refractivity contribution >= 4 is 11.9 Å². The number of hydrogen-bond donors (Lipinski definition) is 0. The second-order valence-corrected chi connectivity index (χ2v) is 5.30. The van der Waals surface area contributed by atoms with Gasteiger partial charge in [-0.25, -0.2) is 9.18 Å². The van der Waals surface area contributed by atoms with Gasteiger partial charge in [0.2, 0.25) is 0 Å². The zero-order valence-electron chi connectivity index (χ0n) is 12.4. The SMILES string of the molecule is O=C(OCC(=O)N1CCc2ccccc2C1)c1cncc(F)c1. The molecule has 0 unspecified atom stereocenters. The van der Waals surface area contributed by atoms with E-state index in [1.54, 1.807) is 4.90 Å². The van der Waals surface area contributed by atoms with Crippen LogP contribution < -0.4 is 0 Å². The van der Waals surface area contributed by atoms with Crippen LogP contribution >= 0.6 is 0 Å². The Bertz CT molecular complexity index is 748. The van der Waals surface area contributed by atoms with Crippen molar-refractivity contribution in [1.29, 1.82) is 0 Å². The van der Waals surface area contributed by atoms with Crippen LogP contribution in [0.4, 0.5) is 4.39 Å². The molecule has 0 aliphatic carbocycles. The summed E-state index contributed by atoms with van der Waals surface area (Å²) in [5.41, 5.74) is 2.33. The average Bonchev–Trinajstić information content (AvgIpc) is 2.59. The number of ether oxygens (including phenoxy) is 1. The summed E-state index contributed by atoms with van der Waals surface area (Å²) in [7, 11) is 0. The molecule has 0 bridgehead atoms. The summed E-state index contributed by atoms with van der Waals surface area (Å²) >= 11 is 0. The topological polar surface area (TPSA) is 59.5 Å². The van der Waals surface area contributed by atoms with Crippen molar-refractivity contribution in [3.8, 4) is 0 Å². The van der Waals surface area contributed by atoms with E-state index in [0.717, 1.165) is 24.2 Å². The standard InChI is InChI=1S/C17H15FN2O3/c18-15-7-14(8-19-9-15)17(22)23-11-16(21)20-6-5-12-3-1-2-4-13(12)10-20/h1-4,7-9H,5-6,10-11H2. The first-order valence-electron chi connectivity index (χ1n) is 7.26. The van der Waals surface area contributed by atoms with Gasteiger partial charge in [0, 0.05) is 19.3 Å². The zero-order valence-corrected chi connectivity index (χ0v) is 12.4. The molecule has 6 heteroatoms. The van der Waals surface area contributed by atoms with Gasteiger partial charge >= 0.3 is 5.97 Å². The van der Waals surface area contributed by atoms with E-state index in [1.807, 2.05) is 24.3 Å². The molecule has 0 saturated heterocycles. The Labute approximate surface area is 132 Å². The van der Waals surface area contributed by atoms with Crippen molar-refractivity contribution in [2.24, 2.45) is 0 Å². The van der Waals surface area contributed by atoms with E-state index in [2.05, 4.69) is 4.98 Å². The molecule has 0 radical (unpaired) electrons. The molecule has 2 heterocycles. The van der Waals surface area contributed by atoms with Gasteiger partial charge in [0.05, 0.1) is 11.8 Å². The van der Waals surface area contributed by atoms with E-state index in [4.69, 9.17) is 4.74 Å². The van der Waals surface area contributed by atoms with E-state index in [0.29, 0.717) is 13.1 Å². The molecule has 23 heavy (non-hydrogen) atoms. The van der Waals surface area contributed by atoms with Crippen LogP contribution in [0.5, 0.6) is 0 Å². The molecule has 2 aromatic rings. The van der Waals surface area contributed by atoms with E-state index in [1.165, 1.54) is 11.8 Å². The fourth-order valence-electron chi connectivity index (χ4n) is 2.53. The minimum atomic E-state index is -0.761. The van der Waals surface area contributed by atoms with Crippen molar-refractivity contribution in [2.75, 3.05) is 13.2 Å². The lowest BCUT2D eigenvalue weighted by Gasteiger charge is -2.28. The number of carbonyl (C=O) groups is 2. The first kappa shape index (κ1) is 15.1. The molecule has 3 rings (SSSR count). The van der Waals surface area contributed by atoms with E-state index >= 15 is 0 Å². The molecule has 0 fully saturated rings. The number of nitrogens with zero attached hydrogens (tertiary/aromatic N) is 2. The number of halogens is 1.